The van der Waals surface area contributed by atoms with Crippen LogP contribution < -0.4 is 4.74 Å². The Morgan fingerprint density at radius 3 is 2.44 bits per heavy atom. The highest BCUT2D eigenvalue weighted by atomic mass is 35.5. The fourth-order valence-electron chi connectivity index (χ4n) is 3.14. The van der Waals surface area contributed by atoms with Gasteiger partial charge in [0.15, 0.2) is 11.8 Å². The van der Waals surface area contributed by atoms with E-state index in [9.17, 15) is 4.79 Å². The number of rotatable bonds is 8. The number of carbonyl (C=O) groups is 1. The monoisotopic (exact) mass is 486 g/mol. The molecule has 0 spiro atoms. The Hall–Kier alpha value is -2.67. The number of ether oxygens (including phenoxy) is 2. The number of benzene rings is 3. The molecule has 1 heterocycles. The maximum Gasteiger partial charge on any atom is 0.344 e. The van der Waals surface area contributed by atoms with Gasteiger partial charge in [0.1, 0.15) is 5.75 Å². The van der Waals surface area contributed by atoms with E-state index in [2.05, 4.69) is 4.57 Å². The molecule has 8 heteroatoms. The third-order valence-electron chi connectivity index (χ3n) is 4.62. The number of fused-ring (bicyclic) bond motifs is 1. The van der Waals surface area contributed by atoms with Crippen LogP contribution in [0.4, 0.5) is 0 Å². The van der Waals surface area contributed by atoms with Crippen LogP contribution >= 0.6 is 35.0 Å². The van der Waals surface area contributed by atoms with Crippen LogP contribution in [0.25, 0.3) is 16.7 Å². The molecule has 0 saturated heterocycles. The number of esters is 1. The molecule has 0 aliphatic rings. The van der Waals surface area contributed by atoms with E-state index in [4.69, 9.17) is 37.7 Å². The predicted molar refractivity (Wildman–Crippen MR) is 129 cm³/mol. The summed E-state index contributed by atoms with van der Waals surface area (Å²) < 4.78 is 12.5. The van der Waals surface area contributed by atoms with Gasteiger partial charge in [0.05, 0.1) is 17.6 Å². The highest BCUT2D eigenvalue weighted by molar-refractivity contribution is 7.98. The molecule has 0 aliphatic carbocycles. The number of nitrogens with zero attached hydrogens (tertiary/aromatic N) is 2. The minimum absolute atomic E-state index is 0.126. The quantitative estimate of drug-likeness (QED) is 0.208. The largest absolute Gasteiger partial charge is 0.482 e. The van der Waals surface area contributed by atoms with Gasteiger partial charge in [0.25, 0.3) is 0 Å². The number of halogens is 2. The summed E-state index contributed by atoms with van der Waals surface area (Å²) in [6.07, 6.45) is 0. The molecule has 32 heavy (non-hydrogen) atoms. The minimum Gasteiger partial charge on any atom is -0.482 e. The Morgan fingerprint density at radius 2 is 1.72 bits per heavy atom. The van der Waals surface area contributed by atoms with Gasteiger partial charge in [-0.3, -0.25) is 4.57 Å². The van der Waals surface area contributed by atoms with Gasteiger partial charge in [-0.25, -0.2) is 9.78 Å². The van der Waals surface area contributed by atoms with Gasteiger partial charge >= 0.3 is 5.97 Å². The molecule has 0 N–H and O–H groups in total. The van der Waals surface area contributed by atoms with Gasteiger partial charge in [0.2, 0.25) is 0 Å². The van der Waals surface area contributed by atoms with Crippen molar-refractivity contribution in [1.82, 2.24) is 9.55 Å². The Bertz CT molecular complexity index is 1220. The smallest absolute Gasteiger partial charge is 0.344 e. The van der Waals surface area contributed by atoms with Gasteiger partial charge in [0, 0.05) is 21.5 Å². The second-order valence-corrected chi connectivity index (χ2v) is 8.68. The molecular weight excluding hydrogens is 467 g/mol. The summed E-state index contributed by atoms with van der Waals surface area (Å²) in [4.78, 5) is 16.3. The number of hydrogen-bond acceptors (Lipinski definition) is 5. The number of aromatic nitrogens is 2. The average molecular weight is 487 g/mol. The lowest BCUT2D eigenvalue weighted by atomic mass is 10.2. The van der Waals surface area contributed by atoms with Crippen molar-refractivity contribution in [3.05, 3.63) is 82.3 Å². The van der Waals surface area contributed by atoms with Gasteiger partial charge < -0.3 is 9.47 Å². The molecule has 0 saturated carbocycles. The van der Waals surface area contributed by atoms with Crippen LogP contribution in [0.2, 0.25) is 10.0 Å². The molecular formula is C24H20Cl2N2O3S. The Kier molecular flexibility index (Phi) is 7.25. The minimum atomic E-state index is -0.396. The van der Waals surface area contributed by atoms with Crippen LogP contribution in [0.3, 0.4) is 0 Å². The van der Waals surface area contributed by atoms with Crippen molar-refractivity contribution in [1.29, 1.82) is 0 Å². The third-order valence-corrected chi connectivity index (χ3v) is 6.12. The molecule has 0 radical (unpaired) electrons. The fourth-order valence-corrected chi connectivity index (χ4v) is 4.41. The standard InChI is InChI=1S/C24H20Cl2N2O3S/c1-2-30-23(29)14-31-20-10-8-19(9-11-20)28-22-13-18(26)7-12-21(22)27-24(28)32-15-16-3-5-17(25)6-4-16/h3-13H,2,14-15H2,1H3. The molecule has 4 aromatic rings. The molecule has 1 aromatic heterocycles. The van der Waals surface area contributed by atoms with E-state index >= 15 is 0 Å². The van der Waals surface area contributed by atoms with Crippen LogP contribution in [-0.4, -0.2) is 28.7 Å². The first-order valence-electron chi connectivity index (χ1n) is 9.97. The number of hydrogen-bond donors (Lipinski definition) is 0. The molecule has 5 nitrogen and oxygen atoms in total. The van der Waals surface area contributed by atoms with Crippen molar-refractivity contribution < 1.29 is 14.3 Å². The summed E-state index contributed by atoms with van der Waals surface area (Å²) in [6, 6.07) is 20.9. The van der Waals surface area contributed by atoms with E-state index in [1.165, 1.54) is 0 Å². The van der Waals surface area contributed by atoms with Crippen LogP contribution in [0.15, 0.2) is 71.9 Å². The maximum absolute atomic E-state index is 11.5. The number of imidazole rings is 1. The van der Waals surface area contributed by atoms with E-state index in [1.807, 2.05) is 66.7 Å². The first-order chi connectivity index (χ1) is 15.5. The van der Waals surface area contributed by atoms with Gasteiger partial charge in [-0.15, -0.1) is 0 Å². The van der Waals surface area contributed by atoms with Crippen molar-refractivity contribution in [2.45, 2.75) is 17.8 Å². The molecule has 0 amide bonds. The first kappa shape index (κ1) is 22.5. The Balaban J connectivity index is 1.61. The summed E-state index contributed by atoms with van der Waals surface area (Å²) in [5.74, 6) is 0.932. The summed E-state index contributed by atoms with van der Waals surface area (Å²) in [7, 11) is 0. The van der Waals surface area contributed by atoms with Crippen LogP contribution in [-0.2, 0) is 15.3 Å². The topological polar surface area (TPSA) is 53.4 Å². The van der Waals surface area contributed by atoms with Crippen molar-refractivity contribution in [2.75, 3.05) is 13.2 Å². The predicted octanol–water partition coefficient (Wildman–Crippen LogP) is 6.57. The van der Waals surface area contributed by atoms with Gasteiger partial charge in [-0.2, -0.15) is 0 Å². The van der Waals surface area contributed by atoms with Crippen LogP contribution in [0.5, 0.6) is 5.75 Å². The molecule has 0 atom stereocenters. The molecule has 4 rings (SSSR count). The van der Waals surface area contributed by atoms with E-state index < -0.39 is 5.97 Å². The molecule has 0 aliphatic heterocycles. The lowest BCUT2D eigenvalue weighted by Crippen LogP contribution is -2.14. The van der Waals surface area contributed by atoms with Gasteiger partial charge in [-0.05, 0) is 67.1 Å². The second kappa shape index (κ2) is 10.3. The maximum atomic E-state index is 11.5. The van der Waals surface area contributed by atoms with E-state index in [-0.39, 0.29) is 6.61 Å². The zero-order chi connectivity index (χ0) is 22.5. The molecule has 0 fully saturated rings. The van der Waals surface area contributed by atoms with Crippen LogP contribution in [0, 0.1) is 0 Å². The number of thioether (sulfide) groups is 1. The summed E-state index contributed by atoms with van der Waals surface area (Å²) in [5.41, 5.74) is 3.84. The lowest BCUT2D eigenvalue weighted by Gasteiger charge is -2.11. The van der Waals surface area contributed by atoms with Crippen molar-refractivity contribution in [3.63, 3.8) is 0 Å². The average Bonchev–Trinajstić information content (AvgIpc) is 3.15. The molecule has 0 bridgehead atoms. The summed E-state index contributed by atoms with van der Waals surface area (Å²) in [6.45, 7) is 1.96. The van der Waals surface area contributed by atoms with E-state index in [1.54, 1.807) is 18.7 Å². The normalized spacial score (nSPS) is 11.0. The SMILES string of the molecule is CCOC(=O)COc1ccc(-n2c(SCc3ccc(Cl)cc3)nc3ccc(Cl)cc32)cc1. The zero-order valence-electron chi connectivity index (χ0n) is 17.3. The van der Waals surface area contributed by atoms with E-state index in [0.717, 1.165) is 33.2 Å². The fraction of sp³-hybridized carbons (Fsp3) is 0.167. The molecule has 3 aromatic carbocycles. The Morgan fingerprint density at radius 1 is 1.00 bits per heavy atom. The van der Waals surface area contributed by atoms with Crippen molar-refractivity contribution >= 4 is 52.0 Å². The summed E-state index contributed by atoms with van der Waals surface area (Å²) in [5, 5.41) is 2.20. The summed E-state index contributed by atoms with van der Waals surface area (Å²) >= 11 is 13.9. The first-order valence-corrected chi connectivity index (χ1v) is 11.7. The number of carbonyl (C=O) groups excluding carboxylic acids is 1. The lowest BCUT2D eigenvalue weighted by molar-refractivity contribution is -0.145. The second-order valence-electron chi connectivity index (χ2n) is 6.87. The molecule has 0 unspecified atom stereocenters. The van der Waals surface area contributed by atoms with Crippen molar-refractivity contribution in [3.8, 4) is 11.4 Å². The zero-order valence-corrected chi connectivity index (χ0v) is 19.6. The van der Waals surface area contributed by atoms with E-state index in [0.29, 0.717) is 22.4 Å². The highest BCUT2D eigenvalue weighted by Crippen LogP contribution is 2.32. The van der Waals surface area contributed by atoms with Crippen molar-refractivity contribution in [2.24, 2.45) is 0 Å². The van der Waals surface area contributed by atoms with Gasteiger partial charge in [-0.1, -0.05) is 47.1 Å². The third kappa shape index (κ3) is 5.38. The highest BCUT2D eigenvalue weighted by Gasteiger charge is 2.14. The van der Waals surface area contributed by atoms with Crippen LogP contribution in [0.1, 0.15) is 12.5 Å². The Labute approximate surface area is 200 Å². The molecule has 164 valence electrons.